The Morgan fingerprint density at radius 1 is 1.44 bits per heavy atom. The van der Waals surface area contributed by atoms with Gasteiger partial charge in [0.15, 0.2) is 5.78 Å². The smallest absolute Gasteiger partial charge is 0.156 e. The number of hydrogen-bond acceptors (Lipinski definition) is 3. The SMILES string of the molecule is COCCC(=O)C(C#N)c1ccc(C)cc1. The van der Waals surface area contributed by atoms with E-state index in [1.165, 1.54) is 0 Å². The van der Waals surface area contributed by atoms with Crippen molar-refractivity contribution >= 4 is 5.78 Å². The van der Waals surface area contributed by atoms with Crippen molar-refractivity contribution < 1.29 is 9.53 Å². The fourth-order valence-electron chi connectivity index (χ4n) is 1.44. The second kappa shape index (κ2) is 6.04. The summed E-state index contributed by atoms with van der Waals surface area (Å²) in [6.45, 7) is 2.33. The average Bonchev–Trinajstić information content (AvgIpc) is 2.30. The highest BCUT2D eigenvalue weighted by Gasteiger charge is 2.19. The van der Waals surface area contributed by atoms with Gasteiger partial charge in [-0.1, -0.05) is 29.8 Å². The molecule has 0 bridgehead atoms. The summed E-state index contributed by atoms with van der Waals surface area (Å²) in [6.07, 6.45) is 0.280. The summed E-state index contributed by atoms with van der Waals surface area (Å²) in [5.74, 6) is -0.760. The average molecular weight is 217 g/mol. The van der Waals surface area contributed by atoms with Crippen molar-refractivity contribution in [3.63, 3.8) is 0 Å². The first-order chi connectivity index (χ1) is 7.69. The Hall–Kier alpha value is -1.66. The highest BCUT2D eigenvalue weighted by atomic mass is 16.5. The summed E-state index contributed by atoms with van der Waals surface area (Å²) in [4.78, 5) is 11.7. The molecule has 1 unspecified atom stereocenters. The number of ketones is 1. The fraction of sp³-hybridized carbons (Fsp3) is 0.385. The first kappa shape index (κ1) is 12.4. The van der Waals surface area contributed by atoms with Gasteiger partial charge in [-0.05, 0) is 12.5 Å². The Bertz CT molecular complexity index is 389. The molecule has 3 nitrogen and oxygen atoms in total. The van der Waals surface area contributed by atoms with Crippen LogP contribution in [0.25, 0.3) is 0 Å². The molecule has 1 aromatic rings. The van der Waals surface area contributed by atoms with Crippen LogP contribution in [0.1, 0.15) is 23.5 Å². The van der Waals surface area contributed by atoms with E-state index in [2.05, 4.69) is 0 Å². The second-order valence-corrected chi connectivity index (χ2v) is 3.68. The third-order valence-electron chi connectivity index (χ3n) is 2.41. The first-order valence-electron chi connectivity index (χ1n) is 5.17. The Balaban J connectivity index is 2.79. The lowest BCUT2D eigenvalue weighted by Gasteiger charge is -2.08. The maximum absolute atomic E-state index is 11.7. The van der Waals surface area contributed by atoms with Gasteiger partial charge in [0, 0.05) is 13.5 Å². The Kier molecular flexibility index (Phi) is 4.68. The van der Waals surface area contributed by atoms with Crippen LogP contribution < -0.4 is 0 Å². The molecule has 0 heterocycles. The number of carbonyl (C=O) groups excluding carboxylic acids is 1. The lowest BCUT2D eigenvalue weighted by Crippen LogP contribution is -2.12. The molecule has 3 heteroatoms. The summed E-state index contributed by atoms with van der Waals surface area (Å²) in [5.41, 5.74) is 1.87. The van der Waals surface area contributed by atoms with Gasteiger partial charge >= 0.3 is 0 Å². The summed E-state index contributed by atoms with van der Waals surface area (Å²) >= 11 is 0. The van der Waals surface area contributed by atoms with Crippen molar-refractivity contribution in [2.24, 2.45) is 0 Å². The highest BCUT2D eigenvalue weighted by Crippen LogP contribution is 2.18. The van der Waals surface area contributed by atoms with E-state index < -0.39 is 5.92 Å². The maximum Gasteiger partial charge on any atom is 0.156 e. The lowest BCUT2D eigenvalue weighted by molar-refractivity contribution is -0.120. The molecule has 0 aliphatic carbocycles. The van der Waals surface area contributed by atoms with Crippen LogP contribution in [0, 0.1) is 18.3 Å². The predicted octanol–water partition coefficient (Wildman–Crippen LogP) is 2.21. The normalized spacial score (nSPS) is 11.8. The van der Waals surface area contributed by atoms with Gasteiger partial charge in [0.05, 0.1) is 12.7 Å². The van der Waals surface area contributed by atoms with E-state index in [1.54, 1.807) is 7.11 Å². The predicted molar refractivity (Wildman–Crippen MR) is 61.0 cm³/mol. The van der Waals surface area contributed by atoms with Crippen molar-refractivity contribution in [2.75, 3.05) is 13.7 Å². The van der Waals surface area contributed by atoms with Gasteiger partial charge < -0.3 is 4.74 Å². The first-order valence-corrected chi connectivity index (χ1v) is 5.17. The number of nitriles is 1. The largest absolute Gasteiger partial charge is 0.384 e. The van der Waals surface area contributed by atoms with E-state index in [4.69, 9.17) is 10.00 Å². The third-order valence-corrected chi connectivity index (χ3v) is 2.41. The van der Waals surface area contributed by atoms with Crippen LogP contribution in [-0.4, -0.2) is 19.5 Å². The molecule has 0 radical (unpaired) electrons. The lowest BCUT2D eigenvalue weighted by atomic mass is 9.94. The van der Waals surface area contributed by atoms with E-state index >= 15 is 0 Å². The molecule has 0 aromatic heterocycles. The number of hydrogen-bond donors (Lipinski definition) is 0. The number of Topliss-reactive ketones (excluding diaryl/α,β-unsaturated/α-hetero) is 1. The van der Waals surface area contributed by atoms with E-state index in [-0.39, 0.29) is 12.2 Å². The van der Waals surface area contributed by atoms with Gasteiger partial charge in [0.1, 0.15) is 5.92 Å². The zero-order chi connectivity index (χ0) is 12.0. The topological polar surface area (TPSA) is 50.1 Å². The quantitative estimate of drug-likeness (QED) is 0.759. The van der Waals surface area contributed by atoms with E-state index in [9.17, 15) is 4.79 Å². The summed E-state index contributed by atoms with van der Waals surface area (Å²) in [7, 11) is 1.54. The zero-order valence-electron chi connectivity index (χ0n) is 9.56. The van der Waals surface area contributed by atoms with Crippen LogP contribution >= 0.6 is 0 Å². The minimum Gasteiger partial charge on any atom is -0.384 e. The minimum absolute atomic E-state index is 0.0896. The second-order valence-electron chi connectivity index (χ2n) is 3.68. The van der Waals surface area contributed by atoms with Crippen molar-refractivity contribution in [1.29, 1.82) is 5.26 Å². The molecule has 0 spiro atoms. The van der Waals surface area contributed by atoms with Crippen LogP contribution in [0.15, 0.2) is 24.3 Å². The Morgan fingerprint density at radius 3 is 2.56 bits per heavy atom. The number of benzene rings is 1. The van der Waals surface area contributed by atoms with Crippen LogP contribution in [-0.2, 0) is 9.53 Å². The molecule has 0 saturated carbocycles. The monoisotopic (exact) mass is 217 g/mol. The number of nitrogens with zero attached hydrogens (tertiary/aromatic N) is 1. The molecular weight excluding hydrogens is 202 g/mol. The summed E-state index contributed by atoms with van der Waals surface area (Å²) in [5, 5.41) is 9.01. The van der Waals surface area contributed by atoms with Gasteiger partial charge in [0.25, 0.3) is 0 Å². The van der Waals surface area contributed by atoms with Gasteiger partial charge in [-0.25, -0.2) is 0 Å². The molecule has 0 saturated heterocycles. The van der Waals surface area contributed by atoms with Crippen molar-refractivity contribution in [3.05, 3.63) is 35.4 Å². The zero-order valence-corrected chi connectivity index (χ0v) is 9.56. The standard InChI is InChI=1S/C13H15NO2/c1-10-3-5-11(6-4-10)12(9-14)13(15)7-8-16-2/h3-6,12H,7-8H2,1-2H3. The molecule has 1 atom stereocenters. The van der Waals surface area contributed by atoms with E-state index in [0.29, 0.717) is 6.61 Å². The van der Waals surface area contributed by atoms with Gasteiger partial charge in [-0.3, -0.25) is 4.79 Å². The Morgan fingerprint density at radius 2 is 2.06 bits per heavy atom. The van der Waals surface area contributed by atoms with Crippen molar-refractivity contribution in [1.82, 2.24) is 0 Å². The van der Waals surface area contributed by atoms with Crippen LogP contribution in [0.4, 0.5) is 0 Å². The number of rotatable bonds is 5. The summed E-state index contributed by atoms with van der Waals surface area (Å²) < 4.78 is 4.83. The van der Waals surface area contributed by atoms with Gasteiger partial charge in [-0.15, -0.1) is 0 Å². The molecule has 1 aromatic carbocycles. The number of ether oxygens (including phenoxy) is 1. The molecule has 0 aliphatic rings. The van der Waals surface area contributed by atoms with Crippen LogP contribution in [0.5, 0.6) is 0 Å². The third kappa shape index (κ3) is 3.18. The molecule has 0 N–H and O–H groups in total. The minimum atomic E-state index is -0.671. The van der Waals surface area contributed by atoms with Gasteiger partial charge in [-0.2, -0.15) is 5.26 Å². The fourth-order valence-corrected chi connectivity index (χ4v) is 1.44. The number of aryl methyl sites for hydroxylation is 1. The molecule has 0 aliphatic heterocycles. The van der Waals surface area contributed by atoms with Gasteiger partial charge in [0.2, 0.25) is 0 Å². The molecule has 0 fully saturated rings. The maximum atomic E-state index is 11.7. The molecule has 16 heavy (non-hydrogen) atoms. The van der Waals surface area contributed by atoms with Crippen LogP contribution in [0.3, 0.4) is 0 Å². The molecule has 0 amide bonds. The highest BCUT2D eigenvalue weighted by molar-refractivity contribution is 5.88. The Labute approximate surface area is 95.7 Å². The van der Waals surface area contributed by atoms with Crippen molar-refractivity contribution in [3.8, 4) is 6.07 Å². The molecule has 84 valence electrons. The summed E-state index contributed by atoms with van der Waals surface area (Å²) in [6, 6.07) is 9.51. The number of carbonyl (C=O) groups is 1. The molecular formula is C13H15NO2. The molecule has 1 rings (SSSR count). The van der Waals surface area contributed by atoms with E-state index in [1.807, 2.05) is 37.3 Å². The van der Waals surface area contributed by atoms with Crippen molar-refractivity contribution in [2.45, 2.75) is 19.3 Å². The van der Waals surface area contributed by atoms with Crippen LogP contribution in [0.2, 0.25) is 0 Å². The van der Waals surface area contributed by atoms with E-state index in [0.717, 1.165) is 11.1 Å². The number of methoxy groups -OCH3 is 1.